The molecule has 5 aliphatic rings. The van der Waals surface area contributed by atoms with Gasteiger partial charge < -0.3 is 79.6 Å². The third kappa shape index (κ3) is 14.5. The molecule has 4 heterocycles. The number of ether oxygens (including phenoxy) is 8. The van der Waals surface area contributed by atoms with Crippen LogP contribution in [0.15, 0.2) is 24.3 Å². The van der Waals surface area contributed by atoms with E-state index in [0.717, 1.165) is 215 Å². The molecule has 4 aromatic rings. The molecular weight excluding hydrogens is 1060 g/mol. The number of hydrogen-bond acceptors (Lipinski definition) is 16. The molecule has 4 aromatic carbocycles. The second-order valence-corrected chi connectivity index (χ2v) is 23.6. The van der Waals surface area contributed by atoms with Crippen molar-refractivity contribution in [3.63, 3.8) is 0 Å². The van der Waals surface area contributed by atoms with Gasteiger partial charge in [-0.25, -0.2) is 0 Å². The molecule has 0 fully saturated rings. The van der Waals surface area contributed by atoms with Crippen LogP contribution in [-0.4, -0.2) is 100 Å². The highest BCUT2D eigenvalue weighted by Crippen LogP contribution is 2.58. The Hall–Kier alpha value is -5.04. The molecule has 16 heteroatoms. The first-order chi connectivity index (χ1) is 41.5. The standard InChI is InChI=1S/C68H100N4O12/c1-5-9-13-21-45-49-33-51-46(22-14-10-6-2)53-35-55-48(24-16-12-8-4)56-36-54-47(23-15-11-7-3)52-34-50(45)62-58(38-70-26-18-30-74)64(52)80-43-82-66(54)60(40-72-28-20-32-76)68(56)84-44-83-67(55)59(39-71-27-19-31-75)65(53)81-42-79-63(51)57(37-69-25-17-29-73)61(49)77-41-78-62/h33-36,45-48,69-76H,5-32,37-44H2,1-4H3. The summed E-state index contributed by atoms with van der Waals surface area (Å²) < 4.78 is 57.0. The Morgan fingerprint density at radius 3 is 0.655 bits per heavy atom. The van der Waals surface area contributed by atoms with Crippen LogP contribution in [0.1, 0.15) is 247 Å². The summed E-state index contributed by atoms with van der Waals surface area (Å²) in [6.07, 6.45) is 18.0. The molecule has 0 atom stereocenters. The van der Waals surface area contributed by atoms with Crippen molar-refractivity contribution in [3.8, 4) is 46.0 Å². The summed E-state index contributed by atoms with van der Waals surface area (Å²) in [6.45, 7) is 13.2. The zero-order chi connectivity index (χ0) is 58.6. The predicted octanol–water partition coefficient (Wildman–Crippen LogP) is 11.7. The molecule has 0 saturated carbocycles. The molecule has 8 N–H and O–H groups in total. The molecule has 16 nitrogen and oxygen atoms in total. The summed E-state index contributed by atoms with van der Waals surface area (Å²) in [7, 11) is 0. The van der Waals surface area contributed by atoms with Crippen molar-refractivity contribution in [2.24, 2.45) is 0 Å². The van der Waals surface area contributed by atoms with Crippen LogP contribution in [-0.2, 0) is 26.2 Å². The predicted molar refractivity (Wildman–Crippen MR) is 328 cm³/mol. The number of unbranched alkanes of at least 4 members (excludes halogenated alkanes) is 8. The van der Waals surface area contributed by atoms with Crippen LogP contribution in [0.5, 0.6) is 46.0 Å². The Labute approximate surface area is 500 Å². The fourth-order valence-corrected chi connectivity index (χ4v) is 13.6. The summed E-state index contributed by atoms with van der Waals surface area (Å²) >= 11 is 0. The van der Waals surface area contributed by atoms with Gasteiger partial charge in [-0.1, -0.05) is 105 Å². The molecule has 0 radical (unpaired) electrons. The second kappa shape index (κ2) is 32.6. The topological polar surface area (TPSA) is 203 Å². The number of aliphatic hydroxyl groups is 4. The van der Waals surface area contributed by atoms with Crippen molar-refractivity contribution < 1.29 is 58.3 Å². The van der Waals surface area contributed by atoms with Gasteiger partial charge in [0.25, 0.3) is 0 Å². The molecule has 4 aliphatic heterocycles. The number of hydrogen-bond donors (Lipinski definition) is 8. The maximum Gasteiger partial charge on any atom is 0.230 e. The van der Waals surface area contributed by atoms with Gasteiger partial charge in [-0.05, 0) is 102 Å². The van der Waals surface area contributed by atoms with Crippen LogP contribution in [0.4, 0.5) is 0 Å². The maximum atomic E-state index is 10.0. The lowest BCUT2D eigenvalue weighted by Gasteiger charge is -2.38. The molecule has 464 valence electrons. The van der Waals surface area contributed by atoms with Crippen LogP contribution >= 0.6 is 0 Å². The van der Waals surface area contributed by atoms with E-state index in [4.69, 9.17) is 37.9 Å². The molecule has 84 heavy (non-hydrogen) atoms. The minimum Gasteiger partial charge on any atom is -0.457 e. The zero-order valence-corrected chi connectivity index (χ0v) is 51.1. The van der Waals surface area contributed by atoms with Crippen LogP contribution in [0.3, 0.4) is 0 Å². The fraction of sp³-hybridized carbons (Fsp3) is 0.647. The Morgan fingerprint density at radius 1 is 0.298 bits per heavy atom. The molecule has 0 amide bonds. The van der Waals surface area contributed by atoms with Crippen LogP contribution in [0.2, 0.25) is 0 Å². The SMILES string of the molecule is CCCCCC1c2cc3c4c(CNCCCO)c2OCOc2c1cc1c(c2CNCCCO)OCOc2c(cc5c(c2CNCCCO)OCOc2c(cc(c(c2CNCCCO)OCO4)C3CCCCC)C5CCCCC)C1CCCCC. The first kappa shape index (κ1) is 63.5. The zero-order valence-electron chi connectivity index (χ0n) is 51.1. The van der Waals surface area contributed by atoms with Crippen molar-refractivity contribution in [1.29, 1.82) is 0 Å². The average molecular weight is 1170 g/mol. The van der Waals surface area contributed by atoms with Crippen LogP contribution in [0.25, 0.3) is 0 Å². The smallest absolute Gasteiger partial charge is 0.230 e. The van der Waals surface area contributed by atoms with Gasteiger partial charge in [0.1, 0.15) is 46.0 Å². The summed E-state index contributed by atoms with van der Waals surface area (Å²) in [4.78, 5) is 0. The van der Waals surface area contributed by atoms with E-state index in [0.29, 0.717) is 78.0 Å². The lowest BCUT2D eigenvalue weighted by molar-refractivity contribution is 0.0939. The quantitative estimate of drug-likeness (QED) is 0.0200. The van der Waals surface area contributed by atoms with Crippen LogP contribution in [0, 0.1) is 0 Å². The monoisotopic (exact) mass is 1160 g/mol. The normalized spacial score (nSPS) is 17.9. The van der Waals surface area contributed by atoms with E-state index in [-0.39, 0.29) is 77.3 Å². The minimum absolute atomic E-state index is 0.0674. The van der Waals surface area contributed by atoms with E-state index in [1.54, 1.807) is 0 Å². The number of aliphatic hydroxyl groups excluding tert-OH is 4. The van der Waals surface area contributed by atoms with Gasteiger partial charge in [-0.2, -0.15) is 0 Å². The van der Waals surface area contributed by atoms with Crippen molar-refractivity contribution in [3.05, 3.63) is 91.0 Å². The average Bonchev–Trinajstić information content (AvgIpc) is 1.59. The van der Waals surface area contributed by atoms with E-state index in [1.165, 1.54) is 0 Å². The van der Waals surface area contributed by atoms with E-state index >= 15 is 0 Å². The number of benzene rings is 4. The molecule has 8 bridgehead atoms. The third-order valence-corrected chi connectivity index (χ3v) is 17.8. The highest BCUT2D eigenvalue weighted by molar-refractivity contribution is 5.70. The Bertz CT molecular complexity index is 2250. The van der Waals surface area contributed by atoms with Crippen molar-refractivity contribution in [2.45, 2.75) is 206 Å². The van der Waals surface area contributed by atoms with E-state index in [1.807, 2.05) is 0 Å². The van der Waals surface area contributed by atoms with Gasteiger partial charge in [-0.3, -0.25) is 0 Å². The Morgan fingerprint density at radius 2 is 0.488 bits per heavy atom. The molecule has 0 saturated heterocycles. The summed E-state index contributed by atoms with van der Waals surface area (Å²) in [5, 5.41) is 55.0. The molecule has 1 aliphatic carbocycles. The van der Waals surface area contributed by atoms with Crippen molar-refractivity contribution in [1.82, 2.24) is 21.3 Å². The van der Waals surface area contributed by atoms with Gasteiger partial charge in [-0.15, -0.1) is 0 Å². The van der Waals surface area contributed by atoms with Gasteiger partial charge in [0.2, 0.25) is 27.2 Å². The largest absolute Gasteiger partial charge is 0.457 e. The molecular formula is C68H100N4O12. The highest BCUT2D eigenvalue weighted by atomic mass is 16.7. The lowest BCUT2D eigenvalue weighted by Crippen LogP contribution is -2.28. The van der Waals surface area contributed by atoms with Crippen molar-refractivity contribution in [2.75, 3.05) is 79.8 Å². The lowest BCUT2D eigenvalue weighted by atomic mass is 9.74. The summed E-state index contributed by atoms with van der Waals surface area (Å²) in [5.74, 6) is 5.28. The van der Waals surface area contributed by atoms with Gasteiger partial charge in [0, 0.05) is 121 Å². The van der Waals surface area contributed by atoms with Crippen molar-refractivity contribution >= 4 is 0 Å². The first-order valence-corrected chi connectivity index (χ1v) is 32.5. The van der Waals surface area contributed by atoms with Gasteiger partial charge >= 0.3 is 0 Å². The maximum absolute atomic E-state index is 10.0. The summed E-state index contributed by atoms with van der Waals surface area (Å²) in [6, 6.07) is 9.77. The molecule has 0 spiro atoms. The van der Waals surface area contributed by atoms with E-state index < -0.39 is 0 Å². The van der Waals surface area contributed by atoms with Crippen LogP contribution < -0.4 is 59.2 Å². The summed E-state index contributed by atoms with van der Waals surface area (Å²) in [5.41, 5.74) is 12.5. The molecule has 9 rings (SSSR count). The fourth-order valence-electron chi connectivity index (χ4n) is 13.6. The highest BCUT2D eigenvalue weighted by Gasteiger charge is 2.41. The second-order valence-electron chi connectivity index (χ2n) is 23.6. The number of rotatable bonds is 36. The molecule has 0 aromatic heterocycles. The molecule has 0 unspecified atom stereocenters. The van der Waals surface area contributed by atoms with E-state index in [2.05, 4.69) is 73.2 Å². The van der Waals surface area contributed by atoms with Gasteiger partial charge in [0.15, 0.2) is 0 Å². The minimum atomic E-state index is -0.184. The third-order valence-electron chi connectivity index (χ3n) is 17.8. The van der Waals surface area contributed by atoms with Gasteiger partial charge in [0.05, 0.1) is 22.3 Å². The number of nitrogens with one attached hydrogen (secondary N) is 4. The van der Waals surface area contributed by atoms with E-state index in [9.17, 15) is 20.4 Å². The Balaban J connectivity index is 1.48. The first-order valence-electron chi connectivity index (χ1n) is 32.5. The Kier molecular flexibility index (Phi) is 24.7.